The van der Waals surface area contributed by atoms with Crippen molar-refractivity contribution < 1.29 is 27.5 Å². The molecular formula is C29H33N3O6S. The zero-order valence-corrected chi connectivity index (χ0v) is 23.1. The van der Waals surface area contributed by atoms with E-state index in [1.54, 1.807) is 37.3 Å². The minimum Gasteiger partial charge on any atom is -0.494 e. The van der Waals surface area contributed by atoms with Gasteiger partial charge in [-0.3, -0.25) is 9.59 Å². The number of benzene rings is 3. The Balaban J connectivity index is 1.46. The fraction of sp³-hybridized carbons (Fsp3) is 0.310. The van der Waals surface area contributed by atoms with Gasteiger partial charge in [-0.05, 0) is 61.7 Å². The first-order valence-electron chi connectivity index (χ1n) is 12.8. The zero-order chi connectivity index (χ0) is 28.0. The molecule has 0 aromatic heterocycles. The maximum Gasteiger partial charge on any atom is 0.262 e. The number of nitrogens with zero attached hydrogens (tertiary/aromatic N) is 2. The topological polar surface area (TPSA) is 105 Å². The SMILES string of the molecule is CCOc1ccc(S(=O)(=O)N(C)CC(=O)N2CC(C(=O)NCCc3ccccc3)Oc3ccccc32)cc1C. The summed E-state index contributed by atoms with van der Waals surface area (Å²) in [5.74, 6) is 0.173. The van der Waals surface area contributed by atoms with Crippen LogP contribution in [0.25, 0.3) is 0 Å². The van der Waals surface area contributed by atoms with E-state index in [0.717, 1.165) is 9.87 Å². The molecule has 1 N–H and O–H groups in total. The van der Waals surface area contributed by atoms with Crippen LogP contribution in [0.1, 0.15) is 18.1 Å². The molecule has 1 aliphatic rings. The minimum absolute atomic E-state index is 0.0386. The molecule has 2 amide bonds. The molecule has 0 saturated carbocycles. The minimum atomic E-state index is -3.95. The number of rotatable bonds is 10. The van der Waals surface area contributed by atoms with Gasteiger partial charge in [-0.15, -0.1) is 0 Å². The lowest BCUT2D eigenvalue weighted by Gasteiger charge is -2.35. The monoisotopic (exact) mass is 551 g/mol. The van der Waals surface area contributed by atoms with Crippen molar-refractivity contribution in [3.63, 3.8) is 0 Å². The molecule has 0 spiro atoms. The third-order valence-electron chi connectivity index (χ3n) is 6.44. The second kappa shape index (κ2) is 12.3. The van der Waals surface area contributed by atoms with E-state index in [2.05, 4.69) is 5.32 Å². The number of hydrogen-bond acceptors (Lipinski definition) is 6. The van der Waals surface area contributed by atoms with Gasteiger partial charge in [-0.1, -0.05) is 42.5 Å². The maximum atomic E-state index is 13.4. The average Bonchev–Trinajstić information content (AvgIpc) is 2.94. The number of hydrogen-bond donors (Lipinski definition) is 1. The molecule has 206 valence electrons. The smallest absolute Gasteiger partial charge is 0.262 e. The Bertz CT molecular complexity index is 1430. The van der Waals surface area contributed by atoms with Crippen LogP contribution in [0.4, 0.5) is 5.69 Å². The molecule has 1 atom stereocenters. The highest BCUT2D eigenvalue weighted by atomic mass is 32.2. The normalized spacial score (nSPS) is 14.9. The number of sulfonamides is 1. The van der Waals surface area contributed by atoms with Crippen molar-refractivity contribution in [1.82, 2.24) is 9.62 Å². The van der Waals surface area contributed by atoms with Crippen molar-refractivity contribution in [2.75, 3.05) is 38.2 Å². The number of carbonyl (C=O) groups is 2. The summed E-state index contributed by atoms with van der Waals surface area (Å²) in [6.07, 6.45) is -0.276. The van der Waals surface area contributed by atoms with Gasteiger partial charge >= 0.3 is 0 Å². The first-order valence-corrected chi connectivity index (χ1v) is 14.2. The fourth-order valence-corrected chi connectivity index (χ4v) is 5.54. The molecule has 3 aromatic rings. The number of nitrogens with one attached hydrogen (secondary N) is 1. The number of para-hydroxylation sites is 2. The quantitative estimate of drug-likeness (QED) is 0.415. The second-order valence-electron chi connectivity index (χ2n) is 9.23. The van der Waals surface area contributed by atoms with Gasteiger partial charge in [-0.2, -0.15) is 4.31 Å². The Labute approximate surface area is 229 Å². The molecular weight excluding hydrogens is 518 g/mol. The van der Waals surface area contributed by atoms with Crippen molar-refractivity contribution in [1.29, 1.82) is 0 Å². The molecule has 1 unspecified atom stereocenters. The Morgan fingerprint density at radius 3 is 2.51 bits per heavy atom. The van der Waals surface area contributed by atoms with Crippen molar-refractivity contribution in [3.8, 4) is 11.5 Å². The molecule has 0 bridgehead atoms. The molecule has 0 radical (unpaired) electrons. The predicted octanol–water partition coefficient (Wildman–Crippen LogP) is 3.17. The molecule has 0 aliphatic carbocycles. The van der Waals surface area contributed by atoms with Crippen molar-refractivity contribution in [3.05, 3.63) is 83.9 Å². The number of fused-ring (bicyclic) bond motifs is 1. The van der Waals surface area contributed by atoms with Crippen LogP contribution in [0, 0.1) is 6.92 Å². The lowest BCUT2D eigenvalue weighted by Crippen LogP contribution is -2.52. The molecule has 10 heteroatoms. The van der Waals surface area contributed by atoms with E-state index in [9.17, 15) is 18.0 Å². The van der Waals surface area contributed by atoms with Crippen LogP contribution in [-0.2, 0) is 26.0 Å². The number of aryl methyl sites for hydroxylation is 1. The lowest BCUT2D eigenvalue weighted by molar-refractivity contribution is -0.128. The Morgan fingerprint density at radius 1 is 1.08 bits per heavy atom. The van der Waals surface area contributed by atoms with Crippen molar-refractivity contribution in [2.45, 2.75) is 31.3 Å². The van der Waals surface area contributed by atoms with E-state index in [0.29, 0.717) is 42.3 Å². The maximum absolute atomic E-state index is 13.4. The molecule has 0 fully saturated rings. The fourth-order valence-electron chi connectivity index (χ4n) is 4.34. The predicted molar refractivity (Wildman–Crippen MR) is 149 cm³/mol. The van der Waals surface area contributed by atoms with Crippen LogP contribution in [0.3, 0.4) is 0 Å². The highest BCUT2D eigenvalue weighted by molar-refractivity contribution is 7.89. The summed E-state index contributed by atoms with van der Waals surface area (Å²) in [6.45, 7) is 4.06. The molecule has 0 saturated heterocycles. The van der Waals surface area contributed by atoms with Crippen LogP contribution in [0.5, 0.6) is 11.5 Å². The molecule has 9 nitrogen and oxygen atoms in total. The van der Waals surface area contributed by atoms with Crippen molar-refractivity contribution in [2.24, 2.45) is 0 Å². The average molecular weight is 552 g/mol. The van der Waals surface area contributed by atoms with E-state index in [-0.39, 0.29) is 17.3 Å². The summed E-state index contributed by atoms with van der Waals surface area (Å²) in [7, 11) is -2.59. The first-order chi connectivity index (χ1) is 18.7. The number of amides is 2. The summed E-state index contributed by atoms with van der Waals surface area (Å²) in [5, 5.41) is 2.88. The van der Waals surface area contributed by atoms with Gasteiger partial charge < -0.3 is 19.7 Å². The van der Waals surface area contributed by atoms with Crippen LogP contribution < -0.4 is 19.7 Å². The van der Waals surface area contributed by atoms with Gasteiger partial charge in [0.05, 0.1) is 30.3 Å². The Hall–Kier alpha value is -3.89. The van der Waals surface area contributed by atoms with Gasteiger partial charge in [0.25, 0.3) is 5.91 Å². The first kappa shape index (κ1) is 28.1. The summed E-state index contributed by atoms with van der Waals surface area (Å²) in [6, 6.07) is 21.3. The standard InChI is InChI=1S/C29H33N3O6S/c1-4-37-25-15-14-23(18-21(25)2)39(35,36)31(3)20-28(33)32-19-27(38-26-13-9-8-12-24(26)32)29(34)30-17-16-22-10-6-5-7-11-22/h5-15,18,27H,4,16-17,19-20H2,1-3H3,(H,30,34). The second-order valence-corrected chi connectivity index (χ2v) is 11.3. The van der Waals surface area contributed by atoms with Gasteiger partial charge in [0, 0.05) is 13.6 Å². The van der Waals surface area contributed by atoms with E-state index in [1.807, 2.05) is 37.3 Å². The number of anilines is 1. The Kier molecular flexibility index (Phi) is 8.88. The molecule has 1 heterocycles. The lowest BCUT2D eigenvalue weighted by atomic mass is 10.1. The zero-order valence-electron chi connectivity index (χ0n) is 22.3. The van der Waals surface area contributed by atoms with E-state index in [4.69, 9.17) is 9.47 Å². The summed E-state index contributed by atoms with van der Waals surface area (Å²) in [4.78, 5) is 27.9. The number of carbonyl (C=O) groups excluding carboxylic acids is 2. The third kappa shape index (κ3) is 6.58. The van der Waals surface area contributed by atoms with Crippen LogP contribution in [-0.4, -0.2) is 63.9 Å². The van der Waals surface area contributed by atoms with E-state index < -0.39 is 28.6 Å². The van der Waals surface area contributed by atoms with Gasteiger partial charge in [0.15, 0.2) is 6.10 Å². The summed E-state index contributed by atoms with van der Waals surface area (Å²) < 4.78 is 38.9. The van der Waals surface area contributed by atoms with Crippen LogP contribution >= 0.6 is 0 Å². The summed E-state index contributed by atoms with van der Waals surface area (Å²) >= 11 is 0. The number of ether oxygens (including phenoxy) is 2. The highest BCUT2D eigenvalue weighted by Gasteiger charge is 2.35. The largest absolute Gasteiger partial charge is 0.494 e. The number of likely N-dealkylation sites (N-methyl/N-ethyl adjacent to an activating group) is 1. The molecule has 39 heavy (non-hydrogen) atoms. The summed E-state index contributed by atoms with van der Waals surface area (Å²) in [5.41, 5.74) is 2.26. The highest BCUT2D eigenvalue weighted by Crippen LogP contribution is 2.33. The van der Waals surface area contributed by atoms with Gasteiger partial charge in [0.2, 0.25) is 15.9 Å². The van der Waals surface area contributed by atoms with Gasteiger partial charge in [-0.25, -0.2) is 8.42 Å². The third-order valence-corrected chi connectivity index (χ3v) is 8.23. The van der Waals surface area contributed by atoms with Gasteiger partial charge in [0.1, 0.15) is 11.5 Å². The molecule has 1 aliphatic heterocycles. The van der Waals surface area contributed by atoms with E-state index in [1.165, 1.54) is 24.1 Å². The van der Waals surface area contributed by atoms with Crippen LogP contribution in [0.15, 0.2) is 77.7 Å². The van der Waals surface area contributed by atoms with Crippen LogP contribution in [0.2, 0.25) is 0 Å². The Morgan fingerprint density at radius 2 is 1.79 bits per heavy atom. The van der Waals surface area contributed by atoms with Crippen molar-refractivity contribution >= 4 is 27.5 Å². The molecule has 3 aromatic carbocycles. The molecule has 4 rings (SSSR count). The van der Waals surface area contributed by atoms with E-state index >= 15 is 0 Å².